The molecule has 1 N–H and O–H groups in total. The molecule has 0 heterocycles. The van der Waals surface area contributed by atoms with E-state index < -0.39 is 28.5 Å². The van der Waals surface area contributed by atoms with Crippen molar-refractivity contribution in [3.05, 3.63) is 131 Å². The quantitative estimate of drug-likeness (QED) is 0.199. The third-order valence-electron chi connectivity index (χ3n) is 6.99. The van der Waals surface area contributed by atoms with Crippen LogP contribution in [0, 0.1) is 6.92 Å². The van der Waals surface area contributed by atoms with Gasteiger partial charge in [-0.25, -0.2) is 8.42 Å². The highest BCUT2D eigenvalue weighted by atomic mass is 35.5. The predicted octanol–water partition coefficient (Wildman–Crippen LogP) is 6.01. The number of benzene rings is 4. The lowest BCUT2D eigenvalue weighted by Gasteiger charge is -2.34. The minimum Gasteiger partial charge on any atom is -0.354 e. The Morgan fingerprint density at radius 1 is 0.837 bits per heavy atom. The number of hydrogen-bond acceptors (Lipinski definition) is 4. The number of nitrogens with zero attached hydrogens (tertiary/aromatic N) is 2. The van der Waals surface area contributed by atoms with E-state index in [-0.39, 0.29) is 23.8 Å². The summed E-state index contributed by atoms with van der Waals surface area (Å²) in [5.74, 6) is -0.833. The first-order valence-electron chi connectivity index (χ1n) is 14.2. The summed E-state index contributed by atoms with van der Waals surface area (Å²) in [5, 5.41) is 3.43. The number of carbonyl (C=O) groups excluding carboxylic acids is 2. The molecule has 1 atom stereocenters. The van der Waals surface area contributed by atoms with Gasteiger partial charge >= 0.3 is 0 Å². The Morgan fingerprint density at radius 2 is 1.47 bits per heavy atom. The summed E-state index contributed by atoms with van der Waals surface area (Å²) < 4.78 is 29.1. The Morgan fingerprint density at radius 3 is 2.09 bits per heavy atom. The standard InChI is InChI=1S/C34H36ClN3O4S/c1-3-21-36-34(40)32(23-27-11-6-4-7-12-27)37(24-28-13-10-14-29(35)22-28)33(39)25-38(30-15-8-5-9-16-30)43(41,42)31-19-17-26(2)18-20-31/h4-20,22,32H,3,21,23-25H2,1-2H3,(H,36,40)/t32-/m1/s1. The predicted molar refractivity (Wildman–Crippen MR) is 171 cm³/mol. The van der Waals surface area contributed by atoms with Gasteiger partial charge in [0.1, 0.15) is 12.6 Å². The number of aryl methyl sites for hydroxylation is 1. The normalized spacial score (nSPS) is 11.9. The summed E-state index contributed by atoms with van der Waals surface area (Å²) in [6.07, 6.45) is 0.974. The molecule has 0 fully saturated rings. The molecule has 0 bridgehead atoms. The first kappa shape index (κ1) is 31.8. The monoisotopic (exact) mass is 617 g/mol. The smallest absolute Gasteiger partial charge is 0.264 e. The van der Waals surface area contributed by atoms with Crippen LogP contribution in [0.15, 0.2) is 114 Å². The number of para-hydroxylation sites is 1. The minimum absolute atomic E-state index is 0.0592. The number of nitrogens with one attached hydrogen (secondary N) is 1. The maximum absolute atomic E-state index is 14.4. The van der Waals surface area contributed by atoms with Gasteiger partial charge in [-0.05, 0) is 60.9 Å². The first-order chi connectivity index (χ1) is 20.7. The van der Waals surface area contributed by atoms with Crippen LogP contribution in [0.2, 0.25) is 5.02 Å². The highest BCUT2D eigenvalue weighted by Gasteiger charge is 2.34. The first-order valence-corrected chi connectivity index (χ1v) is 16.0. The number of anilines is 1. The van der Waals surface area contributed by atoms with E-state index in [1.165, 1.54) is 17.0 Å². The van der Waals surface area contributed by atoms with Crippen molar-refractivity contribution in [3.63, 3.8) is 0 Å². The fourth-order valence-electron chi connectivity index (χ4n) is 4.71. The Hall–Kier alpha value is -4.14. The molecule has 0 saturated carbocycles. The molecule has 224 valence electrons. The number of rotatable bonds is 13. The lowest BCUT2D eigenvalue weighted by Crippen LogP contribution is -2.53. The van der Waals surface area contributed by atoms with Crippen LogP contribution in [0.25, 0.3) is 0 Å². The molecule has 4 aromatic rings. The molecule has 0 saturated heterocycles. The molecule has 4 aromatic carbocycles. The lowest BCUT2D eigenvalue weighted by molar-refractivity contribution is -0.140. The summed E-state index contributed by atoms with van der Waals surface area (Å²) >= 11 is 6.28. The average molecular weight is 618 g/mol. The van der Waals surface area contributed by atoms with Gasteiger partial charge in [-0.1, -0.05) is 96.9 Å². The molecular formula is C34H36ClN3O4S. The van der Waals surface area contributed by atoms with E-state index in [9.17, 15) is 18.0 Å². The summed E-state index contributed by atoms with van der Waals surface area (Å²) in [6, 6.07) is 30.7. The molecule has 0 spiro atoms. The van der Waals surface area contributed by atoms with E-state index in [4.69, 9.17) is 11.6 Å². The van der Waals surface area contributed by atoms with Crippen LogP contribution in [-0.2, 0) is 32.6 Å². The van der Waals surface area contributed by atoms with Crippen molar-refractivity contribution in [1.29, 1.82) is 0 Å². The van der Waals surface area contributed by atoms with Crippen LogP contribution in [0.5, 0.6) is 0 Å². The molecule has 9 heteroatoms. The molecule has 43 heavy (non-hydrogen) atoms. The van der Waals surface area contributed by atoms with Crippen molar-refractivity contribution in [2.45, 2.75) is 44.2 Å². The molecule has 0 aliphatic carbocycles. The Labute approximate surface area is 259 Å². The zero-order valence-corrected chi connectivity index (χ0v) is 25.9. The molecule has 0 aromatic heterocycles. The topological polar surface area (TPSA) is 86.8 Å². The summed E-state index contributed by atoms with van der Waals surface area (Å²) in [6.45, 7) is 3.83. The molecule has 4 rings (SSSR count). The second-order valence-electron chi connectivity index (χ2n) is 10.3. The largest absolute Gasteiger partial charge is 0.354 e. The molecule has 2 amide bonds. The number of carbonyl (C=O) groups is 2. The number of amides is 2. The number of sulfonamides is 1. The Kier molecular flexibility index (Phi) is 11.0. The van der Waals surface area contributed by atoms with Gasteiger partial charge in [-0.15, -0.1) is 0 Å². The zero-order chi connectivity index (χ0) is 30.8. The third-order valence-corrected chi connectivity index (χ3v) is 9.02. The van der Waals surface area contributed by atoms with Gasteiger partial charge in [0.05, 0.1) is 10.6 Å². The molecular weight excluding hydrogens is 582 g/mol. The van der Waals surface area contributed by atoms with Gasteiger partial charge in [-0.3, -0.25) is 13.9 Å². The fraction of sp³-hybridized carbons (Fsp3) is 0.235. The molecule has 0 unspecified atom stereocenters. The van der Waals surface area contributed by atoms with E-state index >= 15 is 0 Å². The van der Waals surface area contributed by atoms with E-state index in [2.05, 4.69) is 5.32 Å². The van der Waals surface area contributed by atoms with E-state index in [1.54, 1.807) is 60.7 Å². The average Bonchev–Trinajstić information content (AvgIpc) is 3.01. The molecule has 7 nitrogen and oxygen atoms in total. The van der Waals surface area contributed by atoms with Gasteiger partial charge in [0.2, 0.25) is 11.8 Å². The van der Waals surface area contributed by atoms with Gasteiger partial charge in [-0.2, -0.15) is 0 Å². The third kappa shape index (κ3) is 8.46. The summed E-state index contributed by atoms with van der Waals surface area (Å²) in [7, 11) is -4.13. The Balaban J connectivity index is 1.78. The highest BCUT2D eigenvalue weighted by molar-refractivity contribution is 7.92. The van der Waals surface area contributed by atoms with E-state index in [1.807, 2.05) is 50.2 Å². The van der Waals surface area contributed by atoms with Crippen molar-refractivity contribution in [1.82, 2.24) is 10.2 Å². The van der Waals surface area contributed by atoms with Crippen molar-refractivity contribution in [3.8, 4) is 0 Å². The fourth-order valence-corrected chi connectivity index (χ4v) is 6.34. The lowest BCUT2D eigenvalue weighted by atomic mass is 10.0. The van der Waals surface area contributed by atoms with Crippen molar-refractivity contribution >= 4 is 39.1 Å². The molecule has 0 aliphatic rings. The van der Waals surface area contributed by atoms with Crippen molar-refractivity contribution < 1.29 is 18.0 Å². The van der Waals surface area contributed by atoms with Crippen LogP contribution in [0.4, 0.5) is 5.69 Å². The zero-order valence-electron chi connectivity index (χ0n) is 24.3. The van der Waals surface area contributed by atoms with Crippen LogP contribution in [-0.4, -0.2) is 44.3 Å². The second kappa shape index (κ2) is 14.8. The summed E-state index contributed by atoms with van der Waals surface area (Å²) in [5.41, 5.74) is 2.84. The molecule has 0 radical (unpaired) electrons. The molecule has 0 aliphatic heterocycles. The van der Waals surface area contributed by atoms with Crippen LogP contribution >= 0.6 is 11.6 Å². The number of halogens is 1. The van der Waals surface area contributed by atoms with Gasteiger partial charge in [0.25, 0.3) is 10.0 Å². The van der Waals surface area contributed by atoms with Crippen LogP contribution in [0.3, 0.4) is 0 Å². The maximum atomic E-state index is 14.4. The Bertz CT molecular complexity index is 1610. The van der Waals surface area contributed by atoms with Crippen molar-refractivity contribution in [2.75, 3.05) is 17.4 Å². The number of hydrogen-bond donors (Lipinski definition) is 1. The maximum Gasteiger partial charge on any atom is 0.264 e. The highest BCUT2D eigenvalue weighted by Crippen LogP contribution is 2.25. The van der Waals surface area contributed by atoms with E-state index in [0.29, 0.717) is 17.3 Å². The minimum atomic E-state index is -4.13. The SMILES string of the molecule is CCCNC(=O)[C@@H](Cc1ccccc1)N(Cc1cccc(Cl)c1)C(=O)CN(c1ccccc1)S(=O)(=O)c1ccc(C)cc1. The van der Waals surface area contributed by atoms with Crippen LogP contribution < -0.4 is 9.62 Å². The van der Waals surface area contributed by atoms with Crippen LogP contribution in [0.1, 0.15) is 30.0 Å². The van der Waals surface area contributed by atoms with Crippen molar-refractivity contribution in [2.24, 2.45) is 0 Å². The second-order valence-corrected chi connectivity index (χ2v) is 12.6. The van der Waals surface area contributed by atoms with E-state index in [0.717, 1.165) is 27.4 Å². The summed E-state index contributed by atoms with van der Waals surface area (Å²) in [4.78, 5) is 29.5. The van der Waals surface area contributed by atoms with Gasteiger partial charge < -0.3 is 10.2 Å². The van der Waals surface area contributed by atoms with Gasteiger partial charge in [0.15, 0.2) is 0 Å². The van der Waals surface area contributed by atoms with Gasteiger partial charge in [0, 0.05) is 24.5 Å².